The van der Waals surface area contributed by atoms with Gasteiger partial charge in [0, 0.05) is 25.2 Å². The average Bonchev–Trinajstić information content (AvgIpc) is 3.15. The van der Waals surface area contributed by atoms with Gasteiger partial charge >= 0.3 is 5.97 Å². The molecule has 1 heterocycles. The number of esters is 1. The summed E-state index contributed by atoms with van der Waals surface area (Å²) in [4.78, 5) is 38.2. The molecule has 1 unspecified atom stereocenters. The first-order chi connectivity index (χ1) is 14.0. The van der Waals surface area contributed by atoms with Crippen molar-refractivity contribution in [1.82, 2.24) is 5.32 Å². The highest BCUT2D eigenvalue weighted by Gasteiger charge is 2.35. The van der Waals surface area contributed by atoms with Crippen LogP contribution in [0.4, 0.5) is 5.69 Å². The lowest BCUT2D eigenvalue weighted by atomic mass is 10.1. The smallest absolute Gasteiger partial charge is 0.337 e. The predicted octanol–water partition coefficient (Wildman–Crippen LogP) is 2.19. The fourth-order valence-electron chi connectivity index (χ4n) is 3.43. The quantitative estimate of drug-likeness (QED) is 0.726. The van der Waals surface area contributed by atoms with Crippen molar-refractivity contribution in [3.8, 4) is 5.75 Å². The molecule has 0 aromatic heterocycles. The first-order valence-corrected chi connectivity index (χ1v) is 9.42. The number of nitrogens with zero attached hydrogens (tertiary/aromatic N) is 1. The van der Waals surface area contributed by atoms with Crippen molar-refractivity contribution < 1.29 is 23.9 Å². The van der Waals surface area contributed by atoms with E-state index in [1.165, 1.54) is 12.0 Å². The minimum Gasteiger partial charge on any atom is -0.496 e. The summed E-state index contributed by atoms with van der Waals surface area (Å²) in [6.07, 6.45) is 0.782. The van der Waals surface area contributed by atoms with E-state index in [0.717, 1.165) is 11.3 Å². The summed E-state index contributed by atoms with van der Waals surface area (Å²) in [5.74, 6) is -0.405. The number of carbonyl (C=O) groups excluding carboxylic acids is 3. The largest absolute Gasteiger partial charge is 0.496 e. The molecule has 0 spiro atoms. The maximum atomic E-state index is 12.5. The zero-order valence-corrected chi connectivity index (χ0v) is 16.5. The van der Waals surface area contributed by atoms with Crippen LogP contribution in [0, 0.1) is 5.92 Å². The van der Waals surface area contributed by atoms with Crippen LogP contribution in [0.2, 0.25) is 0 Å². The van der Waals surface area contributed by atoms with Crippen LogP contribution < -0.4 is 15.0 Å². The second-order valence-electron chi connectivity index (χ2n) is 6.80. The van der Waals surface area contributed by atoms with Crippen LogP contribution in [-0.4, -0.2) is 45.1 Å². The molecule has 29 heavy (non-hydrogen) atoms. The van der Waals surface area contributed by atoms with Crippen molar-refractivity contribution in [2.45, 2.75) is 12.8 Å². The number of para-hydroxylation sites is 1. The first-order valence-electron chi connectivity index (χ1n) is 9.42. The summed E-state index contributed by atoms with van der Waals surface area (Å²) in [7, 11) is 2.92. The number of hydrogen-bond acceptors (Lipinski definition) is 5. The van der Waals surface area contributed by atoms with Gasteiger partial charge in [-0.3, -0.25) is 9.59 Å². The van der Waals surface area contributed by atoms with E-state index in [-0.39, 0.29) is 24.8 Å². The number of benzene rings is 2. The summed E-state index contributed by atoms with van der Waals surface area (Å²) in [6.45, 7) is 0.742. The standard InChI is InChI=1S/C22H24N2O5/c1-28-19-9-4-3-6-15(19)10-11-23-21(26)17-13-20(25)24(14-17)18-8-5-7-16(12-18)22(27)29-2/h3-9,12,17H,10-11,13-14H2,1-2H3,(H,23,26). The van der Waals surface area contributed by atoms with Gasteiger partial charge in [0.25, 0.3) is 0 Å². The molecule has 1 aliphatic rings. The second-order valence-corrected chi connectivity index (χ2v) is 6.80. The molecule has 1 saturated heterocycles. The van der Waals surface area contributed by atoms with E-state index < -0.39 is 11.9 Å². The van der Waals surface area contributed by atoms with Crippen LogP contribution in [0.15, 0.2) is 48.5 Å². The van der Waals surface area contributed by atoms with Gasteiger partial charge in [0.15, 0.2) is 0 Å². The molecule has 7 heteroatoms. The normalized spacial score (nSPS) is 15.9. The van der Waals surface area contributed by atoms with E-state index in [4.69, 9.17) is 9.47 Å². The van der Waals surface area contributed by atoms with Gasteiger partial charge < -0.3 is 19.7 Å². The Morgan fingerprint density at radius 3 is 2.69 bits per heavy atom. The highest BCUT2D eigenvalue weighted by molar-refractivity contribution is 6.01. The summed E-state index contributed by atoms with van der Waals surface area (Å²) in [6, 6.07) is 14.3. The first kappa shape index (κ1) is 20.4. The van der Waals surface area contributed by atoms with Gasteiger partial charge in [0.05, 0.1) is 25.7 Å². The van der Waals surface area contributed by atoms with Crippen LogP contribution in [-0.2, 0) is 20.7 Å². The van der Waals surface area contributed by atoms with Crippen molar-refractivity contribution in [1.29, 1.82) is 0 Å². The Kier molecular flexibility index (Phi) is 6.49. The van der Waals surface area contributed by atoms with E-state index in [1.54, 1.807) is 31.4 Å². The molecule has 0 radical (unpaired) electrons. The van der Waals surface area contributed by atoms with Crippen molar-refractivity contribution >= 4 is 23.5 Å². The number of methoxy groups -OCH3 is 2. The number of rotatable bonds is 7. The number of anilines is 1. The zero-order chi connectivity index (χ0) is 20.8. The summed E-state index contributed by atoms with van der Waals surface area (Å²) in [5.41, 5.74) is 1.96. The number of ether oxygens (including phenoxy) is 2. The second kappa shape index (κ2) is 9.23. The van der Waals surface area contributed by atoms with Gasteiger partial charge in [0.2, 0.25) is 11.8 Å². The molecule has 1 fully saturated rings. The number of carbonyl (C=O) groups is 3. The minimum absolute atomic E-state index is 0.142. The fraction of sp³-hybridized carbons (Fsp3) is 0.318. The lowest BCUT2D eigenvalue weighted by Gasteiger charge is -2.17. The van der Waals surface area contributed by atoms with Crippen molar-refractivity contribution in [3.63, 3.8) is 0 Å². The molecule has 2 aromatic carbocycles. The summed E-state index contributed by atoms with van der Waals surface area (Å²) in [5, 5.41) is 2.91. The van der Waals surface area contributed by atoms with Crippen molar-refractivity contribution in [3.05, 3.63) is 59.7 Å². The Bertz CT molecular complexity index is 912. The monoisotopic (exact) mass is 396 g/mol. The highest BCUT2D eigenvalue weighted by atomic mass is 16.5. The third-order valence-corrected chi connectivity index (χ3v) is 4.96. The lowest BCUT2D eigenvalue weighted by Crippen LogP contribution is -2.34. The van der Waals surface area contributed by atoms with E-state index >= 15 is 0 Å². The maximum absolute atomic E-state index is 12.5. The molecule has 0 bridgehead atoms. The van der Waals surface area contributed by atoms with Crippen molar-refractivity contribution in [2.24, 2.45) is 5.92 Å². The molecule has 2 amide bonds. The van der Waals surface area contributed by atoms with Gasteiger partial charge in [-0.1, -0.05) is 24.3 Å². The van der Waals surface area contributed by atoms with Gasteiger partial charge in [-0.2, -0.15) is 0 Å². The van der Waals surface area contributed by atoms with Crippen LogP contribution >= 0.6 is 0 Å². The molecule has 1 atom stereocenters. The molecule has 3 rings (SSSR count). The number of amides is 2. The Labute approximate surface area is 169 Å². The Morgan fingerprint density at radius 1 is 1.14 bits per heavy atom. The van der Waals surface area contributed by atoms with E-state index in [2.05, 4.69) is 5.32 Å². The van der Waals surface area contributed by atoms with E-state index in [1.807, 2.05) is 24.3 Å². The average molecular weight is 396 g/mol. The molecular weight excluding hydrogens is 372 g/mol. The van der Waals surface area contributed by atoms with E-state index in [9.17, 15) is 14.4 Å². The Hall–Kier alpha value is -3.35. The topological polar surface area (TPSA) is 84.9 Å². The Balaban J connectivity index is 1.58. The van der Waals surface area contributed by atoms with Crippen LogP contribution in [0.5, 0.6) is 5.75 Å². The Morgan fingerprint density at radius 2 is 1.93 bits per heavy atom. The molecule has 1 aliphatic heterocycles. The minimum atomic E-state index is -0.468. The number of nitrogens with one attached hydrogen (secondary N) is 1. The highest BCUT2D eigenvalue weighted by Crippen LogP contribution is 2.26. The summed E-state index contributed by atoms with van der Waals surface area (Å²) >= 11 is 0. The van der Waals surface area contributed by atoms with E-state index in [0.29, 0.717) is 24.2 Å². The molecule has 152 valence electrons. The molecule has 0 saturated carbocycles. The molecule has 1 N–H and O–H groups in total. The van der Waals surface area contributed by atoms with Gasteiger partial charge in [-0.25, -0.2) is 4.79 Å². The molecule has 0 aliphatic carbocycles. The van der Waals surface area contributed by atoms with Gasteiger partial charge in [0.1, 0.15) is 5.75 Å². The van der Waals surface area contributed by atoms with Gasteiger partial charge in [-0.15, -0.1) is 0 Å². The number of hydrogen-bond donors (Lipinski definition) is 1. The summed E-state index contributed by atoms with van der Waals surface area (Å²) < 4.78 is 10.0. The van der Waals surface area contributed by atoms with Crippen molar-refractivity contribution in [2.75, 3.05) is 32.2 Å². The predicted molar refractivity (Wildman–Crippen MR) is 108 cm³/mol. The van der Waals surface area contributed by atoms with Crippen LogP contribution in [0.25, 0.3) is 0 Å². The van der Waals surface area contributed by atoms with Gasteiger partial charge in [-0.05, 0) is 36.2 Å². The van der Waals surface area contributed by atoms with Crippen LogP contribution in [0.1, 0.15) is 22.3 Å². The molecule has 7 nitrogen and oxygen atoms in total. The lowest BCUT2D eigenvalue weighted by molar-refractivity contribution is -0.126. The molecule has 2 aromatic rings. The zero-order valence-electron chi connectivity index (χ0n) is 16.5. The third kappa shape index (κ3) is 4.74. The SMILES string of the molecule is COC(=O)c1cccc(N2CC(C(=O)NCCc3ccccc3OC)CC2=O)c1. The molecular formula is C22H24N2O5. The maximum Gasteiger partial charge on any atom is 0.337 e. The fourth-order valence-corrected chi connectivity index (χ4v) is 3.43. The third-order valence-electron chi connectivity index (χ3n) is 4.96. The van der Waals surface area contributed by atoms with Crippen LogP contribution in [0.3, 0.4) is 0 Å².